The van der Waals surface area contributed by atoms with E-state index in [0.717, 1.165) is 16.6 Å². The predicted octanol–water partition coefficient (Wildman–Crippen LogP) is 0.573. The second-order valence-electron chi connectivity index (χ2n) is 2.50. The summed E-state index contributed by atoms with van der Waals surface area (Å²) in [6, 6.07) is 0. The lowest BCUT2D eigenvalue weighted by Gasteiger charge is -1.96. The maximum Gasteiger partial charge on any atom is 0.234 e. The standard InChI is InChI=1S/C7H12N4OS2/c1-2-5-9-7(14-11-5)13-4-3-6(12)10-8/h2-4,8H2,1H3,(H,10,12). The number of rotatable bonds is 5. The van der Waals surface area contributed by atoms with Crippen LogP contribution in [0, 0.1) is 0 Å². The summed E-state index contributed by atoms with van der Waals surface area (Å²) >= 11 is 2.90. The van der Waals surface area contributed by atoms with Crippen LogP contribution in [-0.2, 0) is 11.2 Å². The second kappa shape index (κ2) is 5.94. The summed E-state index contributed by atoms with van der Waals surface area (Å²) in [6.07, 6.45) is 1.25. The number of nitrogens with zero attached hydrogens (tertiary/aromatic N) is 2. The molecule has 1 amide bonds. The molecule has 5 nitrogen and oxygen atoms in total. The Bertz CT molecular complexity index is 302. The number of hydrogen-bond acceptors (Lipinski definition) is 6. The average molecular weight is 232 g/mol. The van der Waals surface area contributed by atoms with E-state index in [-0.39, 0.29) is 5.91 Å². The number of amides is 1. The summed E-state index contributed by atoms with van der Waals surface area (Å²) in [5.41, 5.74) is 2.08. The number of carbonyl (C=O) groups excluding carboxylic acids is 1. The molecule has 0 aliphatic rings. The van der Waals surface area contributed by atoms with Crippen LogP contribution in [0.4, 0.5) is 0 Å². The first-order chi connectivity index (χ1) is 6.76. The number of thioether (sulfide) groups is 1. The molecule has 78 valence electrons. The van der Waals surface area contributed by atoms with Crippen LogP contribution in [0.3, 0.4) is 0 Å². The molecule has 1 rings (SSSR count). The van der Waals surface area contributed by atoms with E-state index in [0.29, 0.717) is 12.2 Å². The van der Waals surface area contributed by atoms with Crippen molar-refractivity contribution in [2.24, 2.45) is 5.84 Å². The lowest BCUT2D eigenvalue weighted by Crippen LogP contribution is -2.30. The monoisotopic (exact) mass is 232 g/mol. The van der Waals surface area contributed by atoms with Gasteiger partial charge in [0.25, 0.3) is 0 Å². The Hall–Kier alpha value is -0.660. The van der Waals surface area contributed by atoms with Gasteiger partial charge in [-0.25, -0.2) is 10.8 Å². The van der Waals surface area contributed by atoms with Gasteiger partial charge in [0, 0.05) is 18.6 Å². The van der Waals surface area contributed by atoms with Gasteiger partial charge in [0.05, 0.1) is 0 Å². The SMILES string of the molecule is CCc1nsc(SCCC(=O)NN)n1. The number of hydrogen-bond donors (Lipinski definition) is 2. The van der Waals surface area contributed by atoms with E-state index in [1.165, 1.54) is 23.3 Å². The van der Waals surface area contributed by atoms with Crippen LogP contribution in [0.15, 0.2) is 4.34 Å². The highest BCUT2D eigenvalue weighted by Gasteiger charge is 2.04. The van der Waals surface area contributed by atoms with Crippen LogP contribution in [0.25, 0.3) is 0 Å². The number of carbonyl (C=O) groups is 1. The number of hydrazine groups is 1. The van der Waals surface area contributed by atoms with Gasteiger partial charge < -0.3 is 0 Å². The fraction of sp³-hybridized carbons (Fsp3) is 0.571. The third-order valence-corrected chi connectivity index (χ3v) is 3.35. The number of nitrogens with one attached hydrogen (secondary N) is 1. The summed E-state index contributed by atoms with van der Waals surface area (Å²) in [6.45, 7) is 2.01. The maximum atomic E-state index is 10.8. The molecule has 14 heavy (non-hydrogen) atoms. The van der Waals surface area contributed by atoms with E-state index in [1.807, 2.05) is 6.92 Å². The van der Waals surface area contributed by atoms with Gasteiger partial charge in [0.2, 0.25) is 5.91 Å². The zero-order chi connectivity index (χ0) is 10.4. The zero-order valence-electron chi connectivity index (χ0n) is 7.82. The number of aryl methyl sites for hydroxylation is 1. The molecule has 0 saturated carbocycles. The van der Waals surface area contributed by atoms with Gasteiger partial charge in [-0.1, -0.05) is 18.7 Å². The quantitative estimate of drug-likeness (QED) is 0.336. The molecule has 0 unspecified atom stereocenters. The summed E-state index contributed by atoms with van der Waals surface area (Å²) < 4.78 is 5.05. The maximum absolute atomic E-state index is 10.8. The van der Waals surface area contributed by atoms with Gasteiger partial charge in [0.1, 0.15) is 5.82 Å². The van der Waals surface area contributed by atoms with Crippen LogP contribution in [0.1, 0.15) is 19.2 Å². The molecule has 0 radical (unpaired) electrons. The topological polar surface area (TPSA) is 80.9 Å². The molecule has 0 aliphatic heterocycles. The summed E-state index contributed by atoms with van der Waals surface area (Å²) in [7, 11) is 0. The van der Waals surface area contributed by atoms with Gasteiger partial charge in [-0.2, -0.15) is 4.37 Å². The molecule has 0 saturated heterocycles. The molecule has 0 bridgehead atoms. The van der Waals surface area contributed by atoms with Gasteiger partial charge in [0.15, 0.2) is 4.34 Å². The van der Waals surface area contributed by atoms with Gasteiger partial charge in [-0.05, 0) is 11.5 Å². The number of nitrogens with two attached hydrogens (primary N) is 1. The Kier molecular flexibility index (Phi) is 4.85. The van der Waals surface area contributed by atoms with Crippen molar-refractivity contribution < 1.29 is 4.79 Å². The zero-order valence-corrected chi connectivity index (χ0v) is 9.45. The third-order valence-electron chi connectivity index (χ3n) is 1.48. The first kappa shape index (κ1) is 11.4. The van der Waals surface area contributed by atoms with Crippen molar-refractivity contribution >= 4 is 29.2 Å². The molecule has 0 aromatic carbocycles. The minimum atomic E-state index is -0.155. The van der Waals surface area contributed by atoms with Crippen molar-refractivity contribution in [3.05, 3.63) is 5.82 Å². The highest BCUT2D eigenvalue weighted by atomic mass is 32.2. The molecule has 0 fully saturated rings. The lowest BCUT2D eigenvalue weighted by molar-refractivity contribution is -0.120. The molecule has 1 aromatic heterocycles. The first-order valence-electron chi connectivity index (χ1n) is 4.21. The largest absolute Gasteiger partial charge is 0.294 e. The minimum Gasteiger partial charge on any atom is -0.294 e. The van der Waals surface area contributed by atoms with Gasteiger partial charge in [-0.15, -0.1) is 0 Å². The van der Waals surface area contributed by atoms with E-state index < -0.39 is 0 Å². The summed E-state index contributed by atoms with van der Waals surface area (Å²) in [5.74, 6) is 6.33. The third kappa shape index (κ3) is 3.60. The fourth-order valence-corrected chi connectivity index (χ4v) is 2.45. The highest BCUT2D eigenvalue weighted by Crippen LogP contribution is 2.20. The molecular formula is C7H12N4OS2. The van der Waals surface area contributed by atoms with Gasteiger partial charge >= 0.3 is 0 Å². The van der Waals surface area contributed by atoms with Crippen molar-refractivity contribution in [3.8, 4) is 0 Å². The van der Waals surface area contributed by atoms with Crippen molar-refractivity contribution in [2.45, 2.75) is 24.1 Å². The van der Waals surface area contributed by atoms with E-state index in [1.54, 1.807) is 0 Å². The normalized spacial score (nSPS) is 10.1. The van der Waals surface area contributed by atoms with Crippen LogP contribution >= 0.6 is 23.3 Å². The second-order valence-corrected chi connectivity index (χ2v) is 4.59. The van der Waals surface area contributed by atoms with E-state index in [9.17, 15) is 4.79 Å². The Morgan fingerprint density at radius 1 is 1.71 bits per heavy atom. The Labute approximate surface area is 90.6 Å². The van der Waals surface area contributed by atoms with Crippen LogP contribution < -0.4 is 11.3 Å². The summed E-state index contributed by atoms with van der Waals surface area (Å²) in [4.78, 5) is 15.0. The van der Waals surface area contributed by atoms with E-state index >= 15 is 0 Å². The van der Waals surface area contributed by atoms with Crippen LogP contribution in [0.5, 0.6) is 0 Å². The molecule has 3 N–H and O–H groups in total. The Morgan fingerprint density at radius 3 is 3.07 bits per heavy atom. The van der Waals surface area contributed by atoms with Crippen molar-refractivity contribution in [3.63, 3.8) is 0 Å². The van der Waals surface area contributed by atoms with Gasteiger partial charge in [-0.3, -0.25) is 10.2 Å². The molecule has 7 heteroatoms. The smallest absolute Gasteiger partial charge is 0.234 e. The minimum absolute atomic E-state index is 0.155. The number of aromatic nitrogens is 2. The molecule has 0 spiro atoms. The molecule has 0 aliphatic carbocycles. The van der Waals surface area contributed by atoms with Crippen molar-refractivity contribution in [1.82, 2.24) is 14.8 Å². The Balaban J connectivity index is 2.27. The molecule has 1 aromatic rings. The fourth-order valence-electron chi connectivity index (χ4n) is 0.743. The lowest BCUT2D eigenvalue weighted by atomic mass is 10.5. The molecule has 1 heterocycles. The predicted molar refractivity (Wildman–Crippen MR) is 57.0 cm³/mol. The first-order valence-corrected chi connectivity index (χ1v) is 5.97. The van der Waals surface area contributed by atoms with E-state index in [4.69, 9.17) is 5.84 Å². The van der Waals surface area contributed by atoms with Crippen molar-refractivity contribution in [1.29, 1.82) is 0 Å². The van der Waals surface area contributed by atoms with Crippen LogP contribution in [-0.4, -0.2) is 21.0 Å². The van der Waals surface area contributed by atoms with Crippen molar-refractivity contribution in [2.75, 3.05) is 5.75 Å². The van der Waals surface area contributed by atoms with Crippen LogP contribution in [0.2, 0.25) is 0 Å². The summed E-state index contributed by atoms with van der Waals surface area (Å²) in [5, 5.41) is 0. The highest BCUT2D eigenvalue weighted by molar-refractivity contribution is 8.00. The molecular weight excluding hydrogens is 220 g/mol. The molecule has 0 atom stereocenters. The Morgan fingerprint density at radius 2 is 2.50 bits per heavy atom. The average Bonchev–Trinajstić information content (AvgIpc) is 2.65. The van der Waals surface area contributed by atoms with E-state index in [2.05, 4.69) is 14.8 Å².